The van der Waals surface area contributed by atoms with E-state index < -0.39 is 0 Å². The zero-order chi connectivity index (χ0) is 11.2. The average Bonchev–Trinajstić information content (AvgIpc) is 2.38. The van der Waals surface area contributed by atoms with E-state index in [0.717, 1.165) is 25.1 Å². The van der Waals surface area contributed by atoms with Crippen molar-refractivity contribution in [2.24, 2.45) is 0 Å². The first-order valence-corrected chi connectivity index (χ1v) is 6.03. The van der Waals surface area contributed by atoms with Gasteiger partial charge in [0.25, 0.3) is 0 Å². The third-order valence-electron chi connectivity index (χ3n) is 3.06. The average molecular weight is 218 g/mol. The van der Waals surface area contributed by atoms with Gasteiger partial charge in [0.05, 0.1) is 0 Å². The maximum absolute atomic E-state index is 11.9. The van der Waals surface area contributed by atoms with Crippen molar-refractivity contribution in [3.05, 3.63) is 30.1 Å². The Labute approximate surface area is 96.5 Å². The van der Waals surface area contributed by atoms with Crippen LogP contribution in [0.25, 0.3) is 0 Å². The smallest absolute Gasteiger partial charge is 0.222 e. The van der Waals surface area contributed by atoms with Gasteiger partial charge in [-0.05, 0) is 37.3 Å². The highest BCUT2D eigenvalue weighted by Gasteiger charge is 2.15. The van der Waals surface area contributed by atoms with Gasteiger partial charge in [0.2, 0.25) is 5.91 Å². The Morgan fingerprint density at radius 2 is 2.12 bits per heavy atom. The fourth-order valence-corrected chi connectivity index (χ4v) is 2.10. The molecule has 2 heterocycles. The van der Waals surface area contributed by atoms with Gasteiger partial charge in [-0.2, -0.15) is 0 Å². The molecule has 1 aromatic heterocycles. The van der Waals surface area contributed by atoms with Gasteiger partial charge in [0, 0.05) is 31.9 Å². The number of rotatable bonds is 3. The summed E-state index contributed by atoms with van der Waals surface area (Å²) < 4.78 is 0. The van der Waals surface area contributed by atoms with Gasteiger partial charge in [-0.25, -0.2) is 0 Å². The first kappa shape index (κ1) is 11.1. The van der Waals surface area contributed by atoms with Crippen molar-refractivity contribution < 1.29 is 4.79 Å². The molecule has 0 spiro atoms. The highest BCUT2D eigenvalue weighted by Crippen LogP contribution is 2.11. The Hall–Kier alpha value is -1.38. The van der Waals surface area contributed by atoms with Gasteiger partial charge in [-0.1, -0.05) is 6.07 Å². The standard InChI is InChI=1S/C13H18N2O/c16-13(15-9-2-1-3-10-15)7-6-12-5-4-8-14-11-12/h4-5,8,11H,1-3,6-7,9-10H2. The Morgan fingerprint density at radius 1 is 1.31 bits per heavy atom. The van der Waals surface area contributed by atoms with Crippen LogP contribution in [0.3, 0.4) is 0 Å². The van der Waals surface area contributed by atoms with Crippen molar-refractivity contribution in [3.63, 3.8) is 0 Å². The van der Waals surface area contributed by atoms with Crippen LogP contribution in [0.4, 0.5) is 0 Å². The molecule has 16 heavy (non-hydrogen) atoms. The molecule has 0 saturated carbocycles. The summed E-state index contributed by atoms with van der Waals surface area (Å²) >= 11 is 0. The summed E-state index contributed by atoms with van der Waals surface area (Å²) in [4.78, 5) is 17.9. The minimum absolute atomic E-state index is 0.295. The fourth-order valence-electron chi connectivity index (χ4n) is 2.10. The maximum atomic E-state index is 11.9. The molecule has 0 aliphatic carbocycles. The number of hydrogen-bond donors (Lipinski definition) is 0. The number of likely N-dealkylation sites (tertiary alicyclic amines) is 1. The van der Waals surface area contributed by atoms with E-state index in [-0.39, 0.29) is 0 Å². The van der Waals surface area contributed by atoms with Crippen LogP contribution in [0.15, 0.2) is 24.5 Å². The molecular formula is C13H18N2O. The molecule has 0 bridgehead atoms. The summed E-state index contributed by atoms with van der Waals surface area (Å²) in [5.74, 6) is 0.295. The van der Waals surface area contributed by atoms with Crippen LogP contribution in [-0.2, 0) is 11.2 Å². The number of pyridine rings is 1. The number of aromatic nitrogens is 1. The number of amides is 1. The van der Waals surface area contributed by atoms with Crippen molar-refractivity contribution in [1.29, 1.82) is 0 Å². The van der Waals surface area contributed by atoms with Crippen molar-refractivity contribution in [2.45, 2.75) is 32.1 Å². The lowest BCUT2D eigenvalue weighted by Crippen LogP contribution is -2.35. The SMILES string of the molecule is O=C(CCc1cccnc1)N1CCCCC1. The molecule has 1 aliphatic rings. The molecule has 0 unspecified atom stereocenters. The summed E-state index contributed by atoms with van der Waals surface area (Å²) in [5.41, 5.74) is 1.15. The third-order valence-corrected chi connectivity index (χ3v) is 3.06. The quantitative estimate of drug-likeness (QED) is 0.777. The van der Waals surface area contributed by atoms with Gasteiger partial charge in [-0.3, -0.25) is 9.78 Å². The summed E-state index contributed by atoms with van der Waals surface area (Å²) in [6, 6.07) is 3.94. The van der Waals surface area contributed by atoms with Gasteiger partial charge in [0.1, 0.15) is 0 Å². The maximum Gasteiger partial charge on any atom is 0.222 e. The molecule has 3 nitrogen and oxygen atoms in total. The molecular weight excluding hydrogens is 200 g/mol. The van der Waals surface area contributed by atoms with Crippen molar-refractivity contribution >= 4 is 5.91 Å². The lowest BCUT2D eigenvalue weighted by molar-refractivity contribution is -0.132. The number of carbonyl (C=O) groups excluding carboxylic acids is 1. The van der Waals surface area contributed by atoms with E-state index in [4.69, 9.17) is 0 Å². The zero-order valence-corrected chi connectivity index (χ0v) is 9.56. The van der Waals surface area contributed by atoms with Gasteiger partial charge >= 0.3 is 0 Å². The fraction of sp³-hybridized carbons (Fsp3) is 0.538. The largest absolute Gasteiger partial charge is 0.343 e. The van der Waals surface area contributed by atoms with Crippen LogP contribution in [-0.4, -0.2) is 28.9 Å². The predicted molar refractivity (Wildman–Crippen MR) is 63.0 cm³/mol. The van der Waals surface area contributed by atoms with Crippen molar-refractivity contribution in [2.75, 3.05) is 13.1 Å². The number of hydrogen-bond acceptors (Lipinski definition) is 2. The summed E-state index contributed by atoms with van der Waals surface area (Å²) in [6.07, 6.45) is 8.62. The van der Waals surface area contributed by atoms with Crippen LogP contribution >= 0.6 is 0 Å². The van der Waals surface area contributed by atoms with Crippen molar-refractivity contribution in [3.8, 4) is 0 Å². The number of nitrogens with zero attached hydrogens (tertiary/aromatic N) is 2. The van der Waals surface area contributed by atoms with Crippen LogP contribution in [0, 0.1) is 0 Å². The molecule has 0 N–H and O–H groups in total. The van der Waals surface area contributed by atoms with E-state index >= 15 is 0 Å². The molecule has 3 heteroatoms. The zero-order valence-electron chi connectivity index (χ0n) is 9.56. The van der Waals surface area contributed by atoms with Crippen molar-refractivity contribution in [1.82, 2.24) is 9.88 Å². The monoisotopic (exact) mass is 218 g/mol. The first-order valence-electron chi connectivity index (χ1n) is 6.03. The van der Waals surface area contributed by atoms with Crippen LogP contribution < -0.4 is 0 Å². The lowest BCUT2D eigenvalue weighted by Gasteiger charge is -2.26. The van der Waals surface area contributed by atoms with E-state index in [0.29, 0.717) is 12.3 Å². The highest BCUT2D eigenvalue weighted by atomic mass is 16.2. The molecule has 1 saturated heterocycles. The predicted octanol–water partition coefficient (Wildman–Crippen LogP) is 2.03. The van der Waals surface area contributed by atoms with E-state index in [1.165, 1.54) is 19.3 Å². The number of aryl methyl sites for hydroxylation is 1. The summed E-state index contributed by atoms with van der Waals surface area (Å²) in [6.45, 7) is 1.90. The van der Waals surface area contributed by atoms with Crippen LogP contribution in [0.1, 0.15) is 31.2 Å². The third kappa shape index (κ3) is 3.05. The van der Waals surface area contributed by atoms with E-state index in [1.807, 2.05) is 23.2 Å². The lowest BCUT2D eigenvalue weighted by atomic mass is 10.1. The summed E-state index contributed by atoms with van der Waals surface area (Å²) in [7, 11) is 0. The summed E-state index contributed by atoms with van der Waals surface area (Å²) in [5, 5.41) is 0. The second-order valence-corrected chi connectivity index (χ2v) is 4.30. The molecule has 1 fully saturated rings. The Bertz CT molecular complexity index is 331. The molecule has 2 rings (SSSR count). The van der Waals surface area contributed by atoms with Crippen LogP contribution in [0.5, 0.6) is 0 Å². The minimum atomic E-state index is 0.295. The minimum Gasteiger partial charge on any atom is -0.343 e. The number of piperidine rings is 1. The Morgan fingerprint density at radius 3 is 2.81 bits per heavy atom. The molecule has 1 aliphatic heterocycles. The highest BCUT2D eigenvalue weighted by molar-refractivity contribution is 5.76. The second kappa shape index (κ2) is 5.64. The van der Waals surface area contributed by atoms with Gasteiger partial charge in [-0.15, -0.1) is 0 Å². The van der Waals surface area contributed by atoms with E-state index in [2.05, 4.69) is 4.98 Å². The molecule has 1 aromatic rings. The van der Waals surface area contributed by atoms with Crippen LogP contribution in [0.2, 0.25) is 0 Å². The molecule has 1 amide bonds. The van der Waals surface area contributed by atoms with E-state index in [1.54, 1.807) is 6.20 Å². The van der Waals surface area contributed by atoms with Gasteiger partial charge < -0.3 is 4.90 Å². The van der Waals surface area contributed by atoms with Gasteiger partial charge in [0.15, 0.2) is 0 Å². The molecule has 0 radical (unpaired) electrons. The molecule has 0 atom stereocenters. The second-order valence-electron chi connectivity index (χ2n) is 4.30. The number of carbonyl (C=O) groups is 1. The Kier molecular flexibility index (Phi) is 3.91. The van der Waals surface area contributed by atoms with E-state index in [9.17, 15) is 4.79 Å². The first-order chi connectivity index (χ1) is 7.86. The normalized spacial score (nSPS) is 16.1. The Balaban J connectivity index is 1.79. The topological polar surface area (TPSA) is 33.2 Å². The molecule has 86 valence electrons. The molecule has 0 aromatic carbocycles.